The zero-order chi connectivity index (χ0) is 13.2. The molecule has 0 aliphatic carbocycles. The molecule has 0 bridgehead atoms. The summed E-state index contributed by atoms with van der Waals surface area (Å²) in [5, 5.41) is 7.35. The summed E-state index contributed by atoms with van der Waals surface area (Å²) in [6.07, 6.45) is 0. The fraction of sp³-hybridized carbons (Fsp3) is 0.846. The van der Waals surface area contributed by atoms with Gasteiger partial charge in [0, 0.05) is 51.2 Å². The zero-order valence-electron chi connectivity index (χ0n) is 11.8. The fourth-order valence-corrected chi connectivity index (χ4v) is 2.58. The molecule has 2 aliphatic heterocycles. The van der Waals surface area contributed by atoms with E-state index in [4.69, 9.17) is 4.52 Å². The van der Waals surface area contributed by atoms with Crippen molar-refractivity contribution in [2.24, 2.45) is 0 Å². The Kier molecular flexibility index (Phi) is 3.81. The highest BCUT2D eigenvalue weighted by atomic mass is 16.5. The molecule has 0 amide bonds. The molecule has 1 N–H and O–H groups in total. The van der Waals surface area contributed by atoms with Crippen molar-refractivity contribution < 1.29 is 4.52 Å². The number of nitrogens with one attached hydrogen (secondary N) is 1. The number of hydrogen-bond donors (Lipinski definition) is 1. The molecular formula is C13H23N5O. The van der Waals surface area contributed by atoms with E-state index in [1.807, 2.05) is 0 Å². The first kappa shape index (κ1) is 13.0. The predicted octanol–water partition coefficient (Wildman–Crippen LogP) is 0.282. The van der Waals surface area contributed by atoms with E-state index in [0.717, 1.165) is 63.6 Å². The third-order valence-corrected chi connectivity index (χ3v) is 4.04. The minimum atomic E-state index is 0.334. The summed E-state index contributed by atoms with van der Waals surface area (Å²) in [7, 11) is 0. The average Bonchev–Trinajstić information content (AvgIpc) is 2.78. The fourth-order valence-electron chi connectivity index (χ4n) is 2.58. The van der Waals surface area contributed by atoms with Crippen molar-refractivity contribution in [3.8, 4) is 0 Å². The predicted molar refractivity (Wildman–Crippen MR) is 71.9 cm³/mol. The van der Waals surface area contributed by atoms with Gasteiger partial charge in [-0.15, -0.1) is 0 Å². The van der Waals surface area contributed by atoms with Gasteiger partial charge in [0.05, 0.1) is 6.54 Å². The lowest BCUT2D eigenvalue weighted by Gasteiger charge is -2.43. The standard InChI is InChI=1S/C13H23N5O/c1-10(2)13-15-12(19-16-13)9-17-3-5-18(6-4-17)11-7-14-8-11/h10-11,14H,3-9H2,1-2H3. The molecule has 0 atom stereocenters. The van der Waals surface area contributed by atoms with Gasteiger partial charge in [0.25, 0.3) is 0 Å². The summed E-state index contributed by atoms with van der Waals surface area (Å²) in [6.45, 7) is 11.8. The molecule has 0 aromatic carbocycles. The quantitative estimate of drug-likeness (QED) is 0.844. The Hall–Kier alpha value is -0.980. The molecule has 2 saturated heterocycles. The minimum absolute atomic E-state index is 0.334. The SMILES string of the molecule is CC(C)c1noc(CN2CCN(C3CNC3)CC2)n1. The van der Waals surface area contributed by atoms with Crippen LogP contribution in [0.4, 0.5) is 0 Å². The molecule has 1 aromatic rings. The number of rotatable bonds is 4. The van der Waals surface area contributed by atoms with Crippen LogP contribution in [-0.2, 0) is 6.54 Å². The van der Waals surface area contributed by atoms with Crippen LogP contribution >= 0.6 is 0 Å². The van der Waals surface area contributed by atoms with Crippen LogP contribution in [0.1, 0.15) is 31.5 Å². The highest BCUT2D eigenvalue weighted by molar-refractivity contribution is 4.93. The molecule has 0 saturated carbocycles. The van der Waals surface area contributed by atoms with Gasteiger partial charge in [0.1, 0.15) is 0 Å². The number of nitrogens with zero attached hydrogens (tertiary/aromatic N) is 4. The maximum Gasteiger partial charge on any atom is 0.240 e. The summed E-state index contributed by atoms with van der Waals surface area (Å²) in [6, 6.07) is 0.762. The van der Waals surface area contributed by atoms with E-state index in [9.17, 15) is 0 Å². The molecule has 2 fully saturated rings. The second-order valence-electron chi connectivity index (χ2n) is 5.83. The van der Waals surface area contributed by atoms with Gasteiger partial charge in [-0.3, -0.25) is 9.80 Å². The molecule has 1 aromatic heterocycles. The monoisotopic (exact) mass is 265 g/mol. The Morgan fingerprint density at radius 2 is 2.00 bits per heavy atom. The van der Waals surface area contributed by atoms with Crippen LogP contribution in [0.2, 0.25) is 0 Å². The van der Waals surface area contributed by atoms with E-state index in [1.165, 1.54) is 0 Å². The molecular weight excluding hydrogens is 242 g/mol. The Morgan fingerprint density at radius 1 is 1.26 bits per heavy atom. The van der Waals surface area contributed by atoms with Crippen molar-refractivity contribution in [1.29, 1.82) is 0 Å². The van der Waals surface area contributed by atoms with E-state index in [0.29, 0.717) is 5.92 Å². The van der Waals surface area contributed by atoms with E-state index < -0.39 is 0 Å². The number of hydrogen-bond acceptors (Lipinski definition) is 6. The zero-order valence-corrected chi connectivity index (χ0v) is 11.8. The van der Waals surface area contributed by atoms with E-state index in [-0.39, 0.29) is 0 Å². The molecule has 3 rings (SSSR count). The first-order chi connectivity index (χ1) is 9.22. The summed E-state index contributed by atoms with van der Waals surface area (Å²) in [5.41, 5.74) is 0. The summed E-state index contributed by atoms with van der Waals surface area (Å²) in [4.78, 5) is 9.43. The van der Waals surface area contributed by atoms with Gasteiger partial charge >= 0.3 is 0 Å². The lowest BCUT2D eigenvalue weighted by molar-refractivity contribution is 0.0647. The largest absolute Gasteiger partial charge is 0.338 e. The van der Waals surface area contributed by atoms with Gasteiger partial charge in [0.2, 0.25) is 5.89 Å². The highest BCUT2D eigenvalue weighted by Gasteiger charge is 2.28. The first-order valence-electron chi connectivity index (χ1n) is 7.22. The van der Waals surface area contributed by atoms with Crippen LogP contribution in [0.3, 0.4) is 0 Å². The summed E-state index contributed by atoms with van der Waals surface area (Å²) < 4.78 is 5.31. The van der Waals surface area contributed by atoms with Gasteiger partial charge in [-0.1, -0.05) is 19.0 Å². The van der Waals surface area contributed by atoms with Gasteiger partial charge in [-0.2, -0.15) is 4.98 Å². The minimum Gasteiger partial charge on any atom is -0.338 e. The topological polar surface area (TPSA) is 57.4 Å². The summed E-state index contributed by atoms with van der Waals surface area (Å²) in [5.74, 6) is 1.90. The van der Waals surface area contributed by atoms with Crippen molar-refractivity contribution >= 4 is 0 Å². The Bertz CT molecular complexity index is 407. The Morgan fingerprint density at radius 3 is 2.53 bits per heavy atom. The lowest BCUT2D eigenvalue weighted by atomic mass is 10.1. The van der Waals surface area contributed by atoms with Crippen LogP contribution < -0.4 is 5.32 Å². The lowest BCUT2D eigenvalue weighted by Crippen LogP contribution is -2.61. The Balaban J connectivity index is 1.48. The smallest absolute Gasteiger partial charge is 0.240 e. The van der Waals surface area contributed by atoms with Crippen molar-refractivity contribution in [1.82, 2.24) is 25.3 Å². The van der Waals surface area contributed by atoms with Gasteiger partial charge in [-0.25, -0.2) is 0 Å². The maximum atomic E-state index is 5.31. The van der Waals surface area contributed by atoms with Gasteiger partial charge in [0.15, 0.2) is 5.82 Å². The van der Waals surface area contributed by atoms with Crippen molar-refractivity contribution in [2.45, 2.75) is 32.4 Å². The second-order valence-corrected chi connectivity index (χ2v) is 5.83. The maximum absolute atomic E-state index is 5.31. The Labute approximate surface area is 114 Å². The van der Waals surface area contributed by atoms with Gasteiger partial charge in [-0.05, 0) is 0 Å². The van der Waals surface area contributed by atoms with Crippen LogP contribution in [0.5, 0.6) is 0 Å². The number of piperazine rings is 1. The molecule has 3 heterocycles. The second kappa shape index (κ2) is 5.56. The van der Waals surface area contributed by atoms with Gasteiger partial charge < -0.3 is 9.84 Å². The molecule has 6 heteroatoms. The molecule has 19 heavy (non-hydrogen) atoms. The molecule has 2 aliphatic rings. The molecule has 6 nitrogen and oxygen atoms in total. The van der Waals surface area contributed by atoms with E-state index >= 15 is 0 Å². The summed E-state index contributed by atoms with van der Waals surface area (Å²) >= 11 is 0. The van der Waals surface area contributed by atoms with Crippen LogP contribution in [0.15, 0.2) is 4.52 Å². The first-order valence-corrected chi connectivity index (χ1v) is 7.22. The van der Waals surface area contributed by atoms with Crippen molar-refractivity contribution in [3.05, 3.63) is 11.7 Å². The molecule has 106 valence electrons. The van der Waals surface area contributed by atoms with E-state index in [1.54, 1.807) is 0 Å². The molecule has 0 spiro atoms. The molecule has 0 unspecified atom stereocenters. The van der Waals surface area contributed by atoms with E-state index in [2.05, 4.69) is 39.1 Å². The van der Waals surface area contributed by atoms with Crippen molar-refractivity contribution in [3.63, 3.8) is 0 Å². The average molecular weight is 265 g/mol. The third kappa shape index (κ3) is 2.96. The van der Waals surface area contributed by atoms with Crippen LogP contribution in [0, 0.1) is 0 Å². The number of aromatic nitrogens is 2. The third-order valence-electron chi connectivity index (χ3n) is 4.04. The normalized spacial score (nSPS) is 22.9. The van der Waals surface area contributed by atoms with Crippen LogP contribution in [0.25, 0.3) is 0 Å². The van der Waals surface area contributed by atoms with Crippen LogP contribution in [-0.4, -0.2) is 65.3 Å². The van der Waals surface area contributed by atoms with Crippen molar-refractivity contribution in [2.75, 3.05) is 39.3 Å². The highest BCUT2D eigenvalue weighted by Crippen LogP contribution is 2.14. The molecule has 0 radical (unpaired) electrons.